The lowest BCUT2D eigenvalue weighted by Gasteiger charge is -2.19. The molecule has 0 spiro atoms. The molecule has 1 atom stereocenters. The number of anilines is 1. The zero-order valence-electron chi connectivity index (χ0n) is 17.4. The van der Waals surface area contributed by atoms with Crippen molar-refractivity contribution in [2.75, 3.05) is 4.90 Å². The SMILES string of the molecule is Cc1ccc(N2C(=O)[C@H](Cc3ccccc3)S/C2=C(\C#N)C(=O)NCc2ccco2)cc1. The molecule has 160 valence electrons. The number of rotatable bonds is 6. The number of hydrogen-bond acceptors (Lipinski definition) is 5. The summed E-state index contributed by atoms with van der Waals surface area (Å²) in [5.41, 5.74) is 2.61. The molecule has 0 bridgehead atoms. The quantitative estimate of drug-likeness (QED) is 0.453. The van der Waals surface area contributed by atoms with E-state index in [0.29, 0.717) is 22.9 Å². The fourth-order valence-corrected chi connectivity index (χ4v) is 4.72. The third-order valence-corrected chi connectivity index (χ3v) is 6.33. The highest BCUT2D eigenvalue weighted by atomic mass is 32.2. The maximum absolute atomic E-state index is 13.4. The number of nitrogens with one attached hydrogen (secondary N) is 1. The van der Waals surface area contributed by atoms with Gasteiger partial charge in [0.05, 0.1) is 18.1 Å². The highest BCUT2D eigenvalue weighted by Crippen LogP contribution is 2.41. The first-order valence-corrected chi connectivity index (χ1v) is 11.0. The highest BCUT2D eigenvalue weighted by Gasteiger charge is 2.40. The van der Waals surface area contributed by atoms with Crippen LogP contribution in [0, 0.1) is 18.3 Å². The highest BCUT2D eigenvalue weighted by molar-refractivity contribution is 8.05. The Hall–Kier alpha value is -3.76. The van der Waals surface area contributed by atoms with Crippen LogP contribution in [0.4, 0.5) is 5.69 Å². The van der Waals surface area contributed by atoms with Gasteiger partial charge in [0.1, 0.15) is 22.4 Å². The van der Waals surface area contributed by atoms with Gasteiger partial charge in [-0.3, -0.25) is 14.5 Å². The van der Waals surface area contributed by atoms with E-state index in [2.05, 4.69) is 5.32 Å². The lowest BCUT2D eigenvalue weighted by molar-refractivity contribution is -0.117. The van der Waals surface area contributed by atoms with Gasteiger partial charge in [-0.2, -0.15) is 5.26 Å². The van der Waals surface area contributed by atoms with E-state index in [-0.39, 0.29) is 18.0 Å². The second-order valence-corrected chi connectivity index (χ2v) is 8.55. The molecule has 1 fully saturated rings. The Bertz CT molecular complexity index is 1180. The van der Waals surface area contributed by atoms with Crippen LogP contribution in [0.5, 0.6) is 0 Å². The summed E-state index contributed by atoms with van der Waals surface area (Å²) in [6.45, 7) is 2.11. The molecule has 1 aromatic heterocycles. The molecule has 0 aliphatic carbocycles. The van der Waals surface area contributed by atoms with Gasteiger partial charge in [0.15, 0.2) is 0 Å². The molecule has 1 aliphatic rings. The Morgan fingerprint density at radius 3 is 2.53 bits per heavy atom. The lowest BCUT2D eigenvalue weighted by Crippen LogP contribution is -2.32. The van der Waals surface area contributed by atoms with Crippen molar-refractivity contribution in [1.82, 2.24) is 5.32 Å². The third-order valence-electron chi connectivity index (χ3n) is 5.06. The van der Waals surface area contributed by atoms with E-state index in [1.54, 1.807) is 12.1 Å². The fourth-order valence-electron chi connectivity index (χ4n) is 3.41. The van der Waals surface area contributed by atoms with Gasteiger partial charge in [-0.25, -0.2) is 0 Å². The Kier molecular flexibility index (Phi) is 6.43. The molecule has 2 heterocycles. The van der Waals surface area contributed by atoms with Crippen LogP contribution >= 0.6 is 11.8 Å². The second kappa shape index (κ2) is 9.58. The molecule has 0 unspecified atom stereocenters. The van der Waals surface area contributed by atoms with Gasteiger partial charge >= 0.3 is 0 Å². The fraction of sp³-hybridized carbons (Fsp3) is 0.160. The number of carbonyl (C=O) groups excluding carboxylic acids is 2. The summed E-state index contributed by atoms with van der Waals surface area (Å²) in [4.78, 5) is 27.8. The van der Waals surface area contributed by atoms with Crippen molar-refractivity contribution in [2.45, 2.75) is 25.1 Å². The van der Waals surface area contributed by atoms with Crippen LogP contribution in [-0.4, -0.2) is 17.1 Å². The van der Waals surface area contributed by atoms with Crippen molar-refractivity contribution in [3.05, 3.63) is 100 Å². The molecule has 1 N–H and O–H groups in total. The third kappa shape index (κ3) is 4.61. The first-order valence-electron chi connectivity index (χ1n) is 10.1. The summed E-state index contributed by atoms with van der Waals surface area (Å²) in [7, 11) is 0. The number of nitrogens with zero attached hydrogens (tertiary/aromatic N) is 2. The van der Waals surface area contributed by atoms with Crippen LogP contribution in [0.1, 0.15) is 16.9 Å². The summed E-state index contributed by atoms with van der Waals surface area (Å²) in [6.07, 6.45) is 2.02. The maximum atomic E-state index is 13.4. The zero-order chi connectivity index (χ0) is 22.5. The molecule has 1 saturated heterocycles. The van der Waals surface area contributed by atoms with Crippen molar-refractivity contribution in [1.29, 1.82) is 5.26 Å². The van der Waals surface area contributed by atoms with Crippen LogP contribution in [0.2, 0.25) is 0 Å². The van der Waals surface area contributed by atoms with Crippen molar-refractivity contribution >= 4 is 29.3 Å². The van der Waals surface area contributed by atoms with Gasteiger partial charge in [0.25, 0.3) is 5.91 Å². The Balaban J connectivity index is 1.67. The van der Waals surface area contributed by atoms with Gasteiger partial charge in [-0.1, -0.05) is 59.8 Å². The molecule has 0 saturated carbocycles. The molecular formula is C25H21N3O3S. The molecule has 0 radical (unpaired) electrons. The summed E-state index contributed by atoms with van der Waals surface area (Å²) >= 11 is 1.25. The molecule has 32 heavy (non-hydrogen) atoms. The van der Waals surface area contributed by atoms with E-state index < -0.39 is 11.2 Å². The Morgan fingerprint density at radius 2 is 1.88 bits per heavy atom. The van der Waals surface area contributed by atoms with E-state index in [1.807, 2.05) is 67.6 Å². The topological polar surface area (TPSA) is 86.3 Å². The molecular weight excluding hydrogens is 422 g/mol. The van der Waals surface area contributed by atoms with Gasteiger partial charge in [0, 0.05) is 5.69 Å². The van der Waals surface area contributed by atoms with E-state index in [9.17, 15) is 14.9 Å². The minimum absolute atomic E-state index is 0.0916. The second-order valence-electron chi connectivity index (χ2n) is 7.36. The van der Waals surface area contributed by atoms with Crippen molar-refractivity contribution in [2.24, 2.45) is 0 Å². The normalized spacial score (nSPS) is 17.2. The first-order chi connectivity index (χ1) is 15.6. The number of nitriles is 1. The van der Waals surface area contributed by atoms with Gasteiger partial charge in [-0.05, 0) is 43.2 Å². The Morgan fingerprint density at radius 1 is 1.12 bits per heavy atom. The predicted molar refractivity (Wildman–Crippen MR) is 123 cm³/mol. The first kappa shape index (κ1) is 21.5. The van der Waals surface area contributed by atoms with Crippen LogP contribution in [0.15, 0.2) is 88.0 Å². The summed E-state index contributed by atoms with van der Waals surface area (Å²) in [6, 6.07) is 22.6. The number of benzene rings is 2. The molecule has 3 aromatic rings. The van der Waals surface area contributed by atoms with Crippen LogP contribution < -0.4 is 10.2 Å². The number of furan rings is 1. The standard InChI is InChI=1S/C25H21N3O3S/c1-17-9-11-19(12-10-17)28-24(30)22(14-18-6-3-2-4-7-18)32-25(28)21(15-26)23(29)27-16-20-8-5-13-31-20/h2-13,22H,14,16H2,1H3,(H,27,29)/b25-21+/t22-/m0/s1. The average molecular weight is 444 g/mol. The smallest absolute Gasteiger partial charge is 0.265 e. The van der Waals surface area contributed by atoms with E-state index in [4.69, 9.17) is 4.42 Å². The maximum Gasteiger partial charge on any atom is 0.265 e. The minimum atomic E-state index is -0.545. The number of carbonyl (C=O) groups is 2. The Labute approximate surface area is 190 Å². The zero-order valence-corrected chi connectivity index (χ0v) is 18.3. The van der Waals surface area contributed by atoms with Crippen molar-refractivity contribution in [3.8, 4) is 6.07 Å². The van der Waals surface area contributed by atoms with Gasteiger partial charge in [0.2, 0.25) is 5.91 Å². The predicted octanol–water partition coefficient (Wildman–Crippen LogP) is 4.33. The summed E-state index contributed by atoms with van der Waals surface area (Å²) in [5.74, 6) is -0.117. The van der Waals surface area contributed by atoms with Crippen LogP contribution in [-0.2, 0) is 22.6 Å². The van der Waals surface area contributed by atoms with Gasteiger partial charge in [-0.15, -0.1) is 0 Å². The number of amides is 2. The van der Waals surface area contributed by atoms with Gasteiger partial charge < -0.3 is 9.73 Å². The summed E-state index contributed by atoms with van der Waals surface area (Å²) < 4.78 is 5.24. The monoisotopic (exact) mass is 443 g/mol. The number of hydrogen-bond donors (Lipinski definition) is 1. The van der Waals surface area contributed by atoms with Crippen molar-refractivity contribution in [3.63, 3.8) is 0 Å². The largest absolute Gasteiger partial charge is 0.467 e. The van der Waals surface area contributed by atoms with Crippen molar-refractivity contribution < 1.29 is 14.0 Å². The van der Waals surface area contributed by atoms with Crippen LogP contribution in [0.25, 0.3) is 0 Å². The molecule has 6 nitrogen and oxygen atoms in total. The average Bonchev–Trinajstić information content (AvgIpc) is 3.43. The molecule has 1 aliphatic heterocycles. The van der Waals surface area contributed by atoms with E-state index in [0.717, 1.165) is 11.1 Å². The summed E-state index contributed by atoms with van der Waals surface area (Å²) in [5, 5.41) is 12.5. The molecule has 7 heteroatoms. The van der Waals surface area contributed by atoms with E-state index in [1.165, 1.54) is 22.9 Å². The number of aryl methyl sites for hydroxylation is 1. The lowest BCUT2D eigenvalue weighted by atomic mass is 10.1. The van der Waals surface area contributed by atoms with Crippen LogP contribution in [0.3, 0.4) is 0 Å². The molecule has 2 aromatic carbocycles. The number of thioether (sulfide) groups is 1. The van der Waals surface area contributed by atoms with E-state index >= 15 is 0 Å². The molecule has 2 amide bonds. The minimum Gasteiger partial charge on any atom is -0.467 e. The molecule has 4 rings (SSSR count).